The van der Waals surface area contributed by atoms with E-state index in [4.69, 9.17) is 11.2 Å². The zero-order chi connectivity index (χ0) is 24.6. The third-order valence-electron chi connectivity index (χ3n) is 5.19. The maximum atomic E-state index is 13.3. The van der Waals surface area contributed by atoms with Crippen LogP contribution in [-0.4, -0.2) is 57.3 Å². The van der Waals surface area contributed by atoms with Gasteiger partial charge < -0.3 is 25.6 Å². The van der Waals surface area contributed by atoms with E-state index in [9.17, 15) is 24.6 Å². The van der Waals surface area contributed by atoms with E-state index < -0.39 is 42.2 Å². The number of aliphatic hydroxyl groups is 1. The number of aromatic hydroxyl groups is 1. The van der Waals surface area contributed by atoms with E-state index in [-0.39, 0.29) is 11.8 Å². The first-order valence-corrected chi connectivity index (χ1v) is 11.0. The van der Waals surface area contributed by atoms with Crippen LogP contribution in [0.5, 0.6) is 5.75 Å². The van der Waals surface area contributed by atoms with Gasteiger partial charge in [0.1, 0.15) is 23.4 Å². The minimum Gasteiger partial charge on any atom is -0.508 e. The number of aliphatic hydroxyl groups excluding tert-OH is 1. The molecule has 4 N–H and O–H groups in total. The van der Waals surface area contributed by atoms with Crippen molar-refractivity contribution in [2.45, 2.75) is 76.6 Å². The normalized spacial score (nSPS) is 16.1. The monoisotopic (exact) mass is 459 g/mol. The van der Waals surface area contributed by atoms with Gasteiger partial charge in [-0.3, -0.25) is 14.5 Å². The van der Waals surface area contributed by atoms with E-state index in [1.54, 1.807) is 26.8 Å². The van der Waals surface area contributed by atoms with Crippen molar-refractivity contribution in [3.05, 3.63) is 29.8 Å². The lowest BCUT2D eigenvalue weighted by Gasteiger charge is -2.31. The summed E-state index contributed by atoms with van der Waals surface area (Å²) in [5, 5.41) is 24.9. The van der Waals surface area contributed by atoms with E-state index >= 15 is 0 Å². The van der Waals surface area contributed by atoms with Gasteiger partial charge in [-0.25, -0.2) is 4.79 Å². The van der Waals surface area contributed by atoms with Crippen molar-refractivity contribution in [3.8, 4) is 18.2 Å². The number of hydrogen-bond acceptors (Lipinski definition) is 6. The van der Waals surface area contributed by atoms with Gasteiger partial charge in [0, 0.05) is 12.1 Å². The second-order valence-electron chi connectivity index (χ2n) is 9.06. The van der Waals surface area contributed by atoms with Crippen LogP contribution < -0.4 is 10.6 Å². The molecule has 0 bridgehead atoms. The van der Waals surface area contributed by atoms with E-state index in [1.807, 2.05) is 0 Å². The van der Waals surface area contributed by atoms with Crippen molar-refractivity contribution in [2.24, 2.45) is 0 Å². The molecule has 0 aliphatic heterocycles. The Morgan fingerprint density at radius 2 is 1.91 bits per heavy atom. The topological polar surface area (TPSA) is 128 Å². The van der Waals surface area contributed by atoms with Gasteiger partial charge in [-0.1, -0.05) is 37.8 Å². The van der Waals surface area contributed by atoms with Crippen LogP contribution in [0.3, 0.4) is 0 Å². The molecule has 9 heteroatoms. The number of benzene rings is 1. The molecule has 1 aliphatic rings. The first-order chi connectivity index (χ1) is 15.6. The Kier molecular flexibility index (Phi) is 9.12. The fourth-order valence-electron chi connectivity index (χ4n) is 3.71. The number of terminal acetylenes is 1. The molecule has 180 valence electrons. The molecule has 0 radical (unpaired) electrons. The fraction of sp³-hybridized carbons (Fsp3) is 0.542. The van der Waals surface area contributed by atoms with Crippen LogP contribution in [0, 0.1) is 12.5 Å². The van der Waals surface area contributed by atoms with E-state index in [0.717, 1.165) is 37.0 Å². The second kappa shape index (κ2) is 11.6. The van der Waals surface area contributed by atoms with Crippen molar-refractivity contribution in [3.63, 3.8) is 0 Å². The number of hydrogen-bond donors (Lipinski definition) is 4. The van der Waals surface area contributed by atoms with Crippen LogP contribution in [0.2, 0.25) is 0 Å². The largest absolute Gasteiger partial charge is 0.508 e. The van der Waals surface area contributed by atoms with Crippen LogP contribution in [0.25, 0.3) is 0 Å². The maximum Gasteiger partial charge on any atom is 0.408 e. The van der Waals surface area contributed by atoms with Gasteiger partial charge in [0.25, 0.3) is 5.91 Å². The highest BCUT2D eigenvalue weighted by Crippen LogP contribution is 2.26. The summed E-state index contributed by atoms with van der Waals surface area (Å²) in [5.74, 6) is -1.47. The SMILES string of the molecule is C#CN(C(=O)C(CO)NC(=O)OC(C)(C)C)C(C(=O)NC1CCCCC1)c1cccc(O)c1. The number of rotatable bonds is 7. The van der Waals surface area contributed by atoms with E-state index in [2.05, 4.69) is 16.7 Å². The average molecular weight is 460 g/mol. The Labute approximate surface area is 194 Å². The van der Waals surface area contributed by atoms with Gasteiger partial charge in [0.2, 0.25) is 5.91 Å². The van der Waals surface area contributed by atoms with Crippen molar-refractivity contribution in [1.82, 2.24) is 15.5 Å². The molecular formula is C24H33N3O6. The summed E-state index contributed by atoms with van der Waals surface area (Å²) < 4.78 is 5.15. The van der Waals surface area contributed by atoms with Crippen LogP contribution in [0.15, 0.2) is 24.3 Å². The number of amides is 3. The number of carbonyl (C=O) groups is 3. The lowest BCUT2D eigenvalue weighted by molar-refractivity contribution is -0.139. The van der Waals surface area contributed by atoms with Crippen molar-refractivity contribution >= 4 is 17.9 Å². The number of phenols is 1. The first-order valence-electron chi connectivity index (χ1n) is 11.0. The summed E-state index contributed by atoms with van der Waals surface area (Å²) in [6, 6.07) is 5.34. The molecular weight excluding hydrogens is 426 g/mol. The predicted octanol–water partition coefficient (Wildman–Crippen LogP) is 2.19. The first kappa shape index (κ1) is 26.0. The number of phenolic OH excluding ortho intramolecular Hbond substituents is 1. The highest BCUT2D eigenvalue weighted by Gasteiger charge is 2.36. The minimum atomic E-state index is -1.43. The summed E-state index contributed by atoms with van der Waals surface area (Å²) >= 11 is 0. The van der Waals surface area contributed by atoms with Gasteiger partial charge in [0.05, 0.1) is 6.61 Å². The number of carbonyl (C=O) groups excluding carboxylic acids is 3. The lowest BCUT2D eigenvalue weighted by Crippen LogP contribution is -2.53. The van der Waals surface area contributed by atoms with Gasteiger partial charge >= 0.3 is 6.09 Å². The Hall–Kier alpha value is -3.25. The molecule has 2 atom stereocenters. The maximum absolute atomic E-state index is 13.3. The van der Waals surface area contributed by atoms with Crippen molar-refractivity contribution in [2.75, 3.05) is 6.61 Å². The molecule has 1 fully saturated rings. The number of nitrogens with zero attached hydrogens (tertiary/aromatic N) is 1. The van der Waals surface area contributed by atoms with Gasteiger partial charge in [0.15, 0.2) is 0 Å². The summed E-state index contributed by atoms with van der Waals surface area (Å²) in [6.07, 6.45) is 9.45. The Balaban J connectivity index is 2.31. The molecule has 0 heterocycles. The van der Waals surface area contributed by atoms with Crippen LogP contribution in [0.1, 0.15) is 64.5 Å². The lowest BCUT2D eigenvalue weighted by atomic mass is 9.94. The molecule has 33 heavy (non-hydrogen) atoms. The number of alkyl carbamates (subject to hydrolysis) is 1. The van der Waals surface area contributed by atoms with Gasteiger partial charge in [-0.15, -0.1) is 0 Å². The predicted molar refractivity (Wildman–Crippen MR) is 122 cm³/mol. The summed E-state index contributed by atoms with van der Waals surface area (Å²) in [6.45, 7) is 4.21. The Morgan fingerprint density at radius 1 is 1.24 bits per heavy atom. The molecule has 2 rings (SSSR count). The van der Waals surface area contributed by atoms with Gasteiger partial charge in [-0.05, 0) is 51.3 Å². The molecule has 2 unspecified atom stereocenters. The minimum absolute atomic E-state index is 0.0469. The number of nitrogens with one attached hydrogen (secondary N) is 2. The molecule has 1 aromatic rings. The highest BCUT2D eigenvalue weighted by molar-refractivity contribution is 5.93. The van der Waals surface area contributed by atoms with Gasteiger partial charge in [-0.2, -0.15) is 0 Å². The fourth-order valence-corrected chi connectivity index (χ4v) is 3.71. The highest BCUT2D eigenvalue weighted by atomic mass is 16.6. The quantitative estimate of drug-likeness (QED) is 0.366. The summed E-state index contributed by atoms with van der Waals surface area (Å²) in [7, 11) is 0. The van der Waals surface area contributed by atoms with E-state index in [1.165, 1.54) is 18.2 Å². The van der Waals surface area contributed by atoms with Crippen LogP contribution in [0.4, 0.5) is 4.79 Å². The molecule has 9 nitrogen and oxygen atoms in total. The third kappa shape index (κ3) is 7.68. The van der Waals surface area contributed by atoms with E-state index in [0.29, 0.717) is 5.56 Å². The van der Waals surface area contributed by atoms with Crippen molar-refractivity contribution < 1.29 is 29.3 Å². The average Bonchev–Trinajstić information content (AvgIpc) is 2.74. The standard InChI is InChI=1S/C24H33N3O6/c1-5-27(22(31)19(15-28)26-23(32)33-24(2,3)4)20(16-10-9-13-18(29)14-16)21(30)25-17-11-7-6-8-12-17/h1,9-10,13-14,17,19-20,28-29H,6-8,11-12,15H2,2-4H3,(H,25,30)(H,26,32). The van der Waals surface area contributed by atoms with Crippen molar-refractivity contribution in [1.29, 1.82) is 0 Å². The molecule has 0 aromatic heterocycles. The summed E-state index contributed by atoms with van der Waals surface area (Å²) in [5.41, 5.74) is -0.522. The molecule has 0 saturated heterocycles. The smallest absolute Gasteiger partial charge is 0.408 e. The zero-order valence-corrected chi connectivity index (χ0v) is 19.3. The number of ether oxygens (including phenoxy) is 1. The third-order valence-corrected chi connectivity index (χ3v) is 5.19. The second-order valence-corrected chi connectivity index (χ2v) is 9.06. The van der Waals surface area contributed by atoms with Crippen LogP contribution in [-0.2, 0) is 14.3 Å². The molecule has 1 aromatic carbocycles. The molecule has 3 amide bonds. The molecule has 1 aliphatic carbocycles. The Bertz CT molecular complexity index is 883. The zero-order valence-electron chi connectivity index (χ0n) is 19.3. The molecule has 1 saturated carbocycles. The summed E-state index contributed by atoms with van der Waals surface area (Å²) in [4.78, 5) is 39.5. The molecule has 0 spiro atoms. The Morgan fingerprint density at radius 3 is 2.45 bits per heavy atom. The van der Waals surface area contributed by atoms with Crippen LogP contribution >= 0.6 is 0 Å².